The summed E-state index contributed by atoms with van der Waals surface area (Å²) >= 11 is 1.49. The van der Waals surface area contributed by atoms with Crippen LogP contribution in [0.15, 0.2) is 75.1 Å². The van der Waals surface area contributed by atoms with Gasteiger partial charge in [-0.1, -0.05) is 59.4 Å². The number of benzene rings is 2. The summed E-state index contributed by atoms with van der Waals surface area (Å²) in [5, 5.41) is 5.34. The van der Waals surface area contributed by atoms with Crippen LogP contribution in [0.4, 0.5) is 0 Å². The Labute approximate surface area is 161 Å². The number of aryl methyl sites for hydroxylation is 1. The van der Waals surface area contributed by atoms with Crippen molar-refractivity contribution in [2.24, 2.45) is 0 Å². The Morgan fingerprint density at radius 3 is 2.59 bits per heavy atom. The van der Waals surface area contributed by atoms with E-state index in [0.29, 0.717) is 21.8 Å². The summed E-state index contributed by atoms with van der Waals surface area (Å²) in [6.45, 7) is 3.89. The second-order valence-electron chi connectivity index (χ2n) is 6.39. The molecule has 0 spiro atoms. The molecule has 0 aliphatic heterocycles. The predicted molar refractivity (Wildman–Crippen MR) is 107 cm³/mol. The Bertz CT molecular complexity index is 1140. The normalized spacial score (nSPS) is 12.4. The van der Waals surface area contributed by atoms with Gasteiger partial charge in [-0.25, -0.2) is 4.98 Å². The van der Waals surface area contributed by atoms with Gasteiger partial charge in [-0.15, -0.1) is 0 Å². The minimum atomic E-state index is -0.127. The van der Waals surface area contributed by atoms with E-state index in [2.05, 4.69) is 5.16 Å². The first-order valence-corrected chi connectivity index (χ1v) is 9.73. The predicted octanol–water partition coefficient (Wildman–Crippen LogP) is 4.59. The molecule has 6 heteroatoms. The third kappa shape index (κ3) is 3.53. The number of para-hydroxylation sites is 1. The number of thioether (sulfide) groups is 1. The molecule has 0 aliphatic rings. The quantitative estimate of drug-likeness (QED) is 0.376. The molecule has 0 unspecified atom stereocenters. The first-order valence-electron chi connectivity index (χ1n) is 8.74. The molecule has 0 bridgehead atoms. The van der Waals surface area contributed by atoms with E-state index in [-0.39, 0.29) is 11.6 Å². The maximum absolute atomic E-state index is 13.3. The molecule has 27 heavy (non-hydrogen) atoms. The van der Waals surface area contributed by atoms with Gasteiger partial charge in [0.2, 0.25) is 0 Å². The fraction of sp³-hybridized carbons (Fsp3) is 0.190. The average Bonchev–Trinajstić information content (AvgIpc) is 3.12. The maximum Gasteiger partial charge on any atom is 0.262 e. The van der Waals surface area contributed by atoms with Gasteiger partial charge >= 0.3 is 0 Å². The van der Waals surface area contributed by atoms with Crippen LogP contribution in [0.3, 0.4) is 0 Å². The molecule has 4 rings (SSSR count). The first kappa shape index (κ1) is 17.5. The molecular weight excluding hydrogens is 358 g/mol. The molecule has 0 amide bonds. The molecule has 0 aliphatic carbocycles. The second kappa shape index (κ2) is 7.40. The van der Waals surface area contributed by atoms with Crippen LogP contribution in [0, 0.1) is 6.92 Å². The molecule has 0 saturated heterocycles. The molecule has 0 saturated carbocycles. The smallest absolute Gasteiger partial charge is 0.262 e. The molecule has 136 valence electrons. The Morgan fingerprint density at radius 1 is 1.11 bits per heavy atom. The summed E-state index contributed by atoms with van der Waals surface area (Å²) in [5.74, 6) is 1.36. The molecular formula is C21H19N3O2S. The van der Waals surface area contributed by atoms with Gasteiger partial charge in [0.05, 0.1) is 22.6 Å². The summed E-state index contributed by atoms with van der Waals surface area (Å²) < 4.78 is 6.91. The van der Waals surface area contributed by atoms with Crippen LogP contribution in [-0.4, -0.2) is 14.7 Å². The van der Waals surface area contributed by atoms with Crippen molar-refractivity contribution in [3.05, 3.63) is 88.0 Å². The number of rotatable bonds is 5. The van der Waals surface area contributed by atoms with Crippen molar-refractivity contribution < 1.29 is 4.52 Å². The van der Waals surface area contributed by atoms with E-state index in [1.165, 1.54) is 11.8 Å². The minimum Gasteiger partial charge on any atom is -0.361 e. The lowest BCUT2D eigenvalue weighted by molar-refractivity contribution is 0.393. The van der Waals surface area contributed by atoms with Crippen LogP contribution in [0.5, 0.6) is 0 Å². The van der Waals surface area contributed by atoms with Crippen molar-refractivity contribution in [1.29, 1.82) is 0 Å². The van der Waals surface area contributed by atoms with E-state index < -0.39 is 0 Å². The third-order valence-electron chi connectivity index (χ3n) is 4.47. The number of hydrogen-bond acceptors (Lipinski definition) is 5. The van der Waals surface area contributed by atoms with Crippen molar-refractivity contribution in [2.45, 2.75) is 30.8 Å². The van der Waals surface area contributed by atoms with Gasteiger partial charge in [0.1, 0.15) is 5.76 Å². The van der Waals surface area contributed by atoms with E-state index in [1.54, 1.807) is 4.57 Å². The molecule has 0 fully saturated rings. The molecule has 0 N–H and O–H groups in total. The number of aromatic nitrogens is 3. The highest BCUT2D eigenvalue weighted by Gasteiger charge is 2.18. The van der Waals surface area contributed by atoms with Crippen molar-refractivity contribution in [1.82, 2.24) is 14.7 Å². The van der Waals surface area contributed by atoms with E-state index in [4.69, 9.17) is 9.51 Å². The summed E-state index contributed by atoms with van der Waals surface area (Å²) in [5.41, 5.74) is 2.57. The largest absolute Gasteiger partial charge is 0.361 e. The second-order valence-corrected chi connectivity index (χ2v) is 7.33. The summed E-state index contributed by atoms with van der Waals surface area (Å²) in [7, 11) is 0. The standard InChI is InChI=1S/C21H19N3O2S/c1-14-12-17(23-26-14)13-27-21-22-19-11-7-6-10-18(19)20(25)24(21)15(2)16-8-4-3-5-9-16/h3-12,15H,13H2,1-2H3/t15-/m1/s1. The van der Waals surface area contributed by atoms with Gasteiger partial charge in [0.15, 0.2) is 5.16 Å². The fourth-order valence-corrected chi connectivity index (χ4v) is 4.03. The molecule has 2 aromatic carbocycles. The van der Waals surface area contributed by atoms with Gasteiger partial charge < -0.3 is 4.52 Å². The van der Waals surface area contributed by atoms with Crippen molar-refractivity contribution in [3.63, 3.8) is 0 Å². The average molecular weight is 377 g/mol. The molecule has 5 nitrogen and oxygen atoms in total. The zero-order chi connectivity index (χ0) is 18.8. The van der Waals surface area contributed by atoms with Gasteiger partial charge in [-0.2, -0.15) is 0 Å². The van der Waals surface area contributed by atoms with E-state index in [0.717, 1.165) is 17.0 Å². The van der Waals surface area contributed by atoms with E-state index in [9.17, 15) is 4.79 Å². The SMILES string of the molecule is Cc1cc(CSc2nc3ccccc3c(=O)n2[C@H](C)c2ccccc2)no1. The third-order valence-corrected chi connectivity index (χ3v) is 5.46. The highest BCUT2D eigenvalue weighted by molar-refractivity contribution is 7.98. The number of hydrogen-bond donors (Lipinski definition) is 0. The van der Waals surface area contributed by atoms with Crippen LogP contribution < -0.4 is 5.56 Å². The van der Waals surface area contributed by atoms with Crippen LogP contribution in [0.2, 0.25) is 0 Å². The molecule has 2 heterocycles. The Balaban J connectivity index is 1.81. The Morgan fingerprint density at radius 2 is 1.85 bits per heavy atom. The van der Waals surface area contributed by atoms with Gasteiger partial charge in [0, 0.05) is 11.8 Å². The Hall–Kier alpha value is -2.86. The van der Waals surface area contributed by atoms with Gasteiger partial charge in [-0.05, 0) is 31.5 Å². The summed E-state index contributed by atoms with van der Waals surface area (Å²) in [6, 6.07) is 19.2. The lowest BCUT2D eigenvalue weighted by Gasteiger charge is -2.19. The zero-order valence-corrected chi connectivity index (χ0v) is 15.9. The monoisotopic (exact) mass is 377 g/mol. The highest BCUT2D eigenvalue weighted by atomic mass is 32.2. The van der Waals surface area contributed by atoms with Crippen LogP contribution in [0.1, 0.15) is 30.0 Å². The molecule has 4 aromatic rings. The van der Waals surface area contributed by atoms with Crippen molar-refractivity contribution in [2.75, 3.05) is 0 Å². The minimum absolute atomic E-state index is 0.0317. The van der Waals surface area contributed by atoms with E-state index >= 15 is 0 Å². The Kier molecular flexibility index (Phi) is 4.81. The lowest BCUT2D eigenvalue weighted by Crippen LogP contribution is -2.27. The van der Waals surface area contributed by atoms with Crippen LogP contribution >= 0.6 is 11.8 Å². The first-order chi connectivity index (χ1) is 13.1. The topological polar surface area (TPSA) is 60.9 Å². The summed E-state index contributed by atoms with van der Waals surface area (Å²) in [4.78, 5) is 18.0. The number of nitrogens with zero attached hydrogens (tertiary/aromatic N) is 3. The van der Waals surface area contributed by atoms with Gasteiger partial charge in [0.25, 0.3) is 5.56 Å². The van der Waals surface area contributed by atoms with Crippen molar-refractivity contribution >= 4 is 22.7 Å². The zero-order valence-electron chi connectivity index (χ0n) is 15.1. The number of fused-ring (bicyclic) bond motifs is 1. The molecule has 2 aromatic heterocycles. The van der Waals surface area contributed by atoms with Crippen molar-refractivity contribution in [3.8, 4) is 0 Å². The lowest BCUT2D eigenvalue weighted by atomic mass is 10.1. The molecule has 0 radical (unpaired) electrons. The highest BCUT2D eigenvalue weighted by Crippen LogP contribution is 2.27. The molecule has 1 atom stereocenters. The summed E-state index contributed by atoms with van der Waals surface area (Å²) in [6.07, 6.45) is 0. The van der Waals surface area contributed by atoms with Crippen LogP contribution in [-0.2, 0) is 5.75 Å². The fourth-order valence-electron chi connectivity index (χ4n) is 3.07. The maximum atomic E-state index is 13.3. The van der Waals surface area contributed by atoms with E-state index in [1.807, 2.05) is 74.5 Å². The van der Waals surface area contributed by atoms with Crippen LogP contribution in [0.25, 0.3) is 10.9 Å². The van der Waals surface area contributed by atoms with Gasteiger partial charge in [-0.3, -0.25) is 9.36 Å².